The largest absolute Gasteiger partial charge is 0.497 e. The van der Waals surface area contributed by atoms with Crippen molar-refractivity contribution in [3.8, 4) is 5.75 Å². The highest BCUT2D eigenvalue weighted by atomic mass is 19.1. The molecule has 0 saturated carbocycles. The molecule has 1 N–H and O–H groups in total. The SMILES string of the molecule is CNC(Cc1c(F)cccc1F)c1cccc(OC)c1. The van der Waals surface area contributed by atoms with Crippen molar-refractivity contribution >= 4 is 0 Å². The van der Waals surface area contributed by atoms with Crippen LogP contribution in [0.4, 0.5) is 8.78 Å². The first-order chi connectivity index (χ1) is 9.65. The van der Waals surface area contributed by atoms with Gasteiger partial charge in [-0.05, 0) is 43.3 Å². The molecule has 106 valence electrons. The molecule has 1 unspecified atom stereocenters. The number of nitrogens with one attached hydrogen (secondary N) is 1. The molecule has 2 rings (SSSR count). The normalized spacial score (nSPS) is 12.2. The molecule has 0 radical (unpaired) electrons. The van der Waals surface area contributed by atoms with Crippen LogP contribution in [-0.2, 0) is 6.42 Å². The number of ether oxygens (including phenoxy) is 1. The summed E-state index contributed by atoms with van der Waals surface area (Å²) in [7, 11) is 3.35. The molecule has 0 heterocycles. The van der Waals surface area contributed by atoms with Gasteiger partial charge < -0.3 is 10.1 Å². The zero-order valence-electron chi connectivity index (χ0n) is 11.5. The summed E-state index contributed by atoms with van der Waals surface area (Å²) in [5.41, 5.74) is 1.02. The number of halogens is 2. The molecule has 2 aromatic carbocycles. The average Bonchev–Trinajstić information content (AvgIpc) is 2.47. The van der Waals surface area contributed by atoms with Gasteiger partial charge in [0.2, 0.25) is 0 Å². The predicted molar refractivity (Wildman–Crippen MR) is 74.9 cm³/mol. The first-order valence-corrected chi connectivity index (χ1v) is 6.39. The lowest BCUT2D eigenvalue weighted by Gasteiger charge is -2.18. The minimum Gasteiger partial charge on any atom is -0.497 e. The Morgan fingerprint density at radius 2 is 1.75 bits per heavy atom. The predicted octanol–water partition coefficient (Wildman–Crippen LogP) is 3.48. The Morgan fingerprint density at radius 1 is 1.10 bits per heavy atom. The Kier molecular flexibility index (Phi) is 4.69. The first kappa shape index (κ1) is 14.5. The van der Waals surface area contributed by atoms with Crippen LogP contribution >= 0.6 is 0 Å². The van der Waals surface area contributed by atoms with E-state index >= 15 is 0 Å². The summed E-state index contributed by atoms with van der Waals surface area (Å²) in [5.74, 6) is -0.321. The Balaban J connectivity index is 2.29. The minimum atomic E-state index is -0.520. The van der Waals surface area contributed by atoms with Crippen molar-refractivity contribution in [1.82, 2.24) is 5.32 Å². The van der Waals surface area contributed by atoms with Crippen molar-refractivity contribution in [2.75, 3.05) is 14.2 Å². The average molecular weight is 277 g/mol. The van der Waals surface area contributed by atoms with E-state index in [1.54, 1.807) is 14.2 Å². The molecule has 4 heteroatoms. The molecule has 0 aliphatic heterocycles. The van der Waals surface area contributed by atoms with Crippen LogP contribution in [-0.4, -0.2) is 14.2 Å². The van der Waals surface area contributed by atoms with Gasteiger partial charge in [0, 0.05) is 11.6 Å². The van der Waals surface area contributed by atoms with E-state index in [9.17, 15) is 8.78 Å². The fourth-order valence-corrected chi connectivity index (χ4v) is 2.18. The number of methoxy groups -OCH3 is 1. The zero-order valence-corrected chi connectivity index (χ0v) is 11.5. The topological polar surface area (TPSA) is 21.3 Å². The van der Waals surface area contributed by atoms with E-state index in [1.807, 2.05) is 24.3 Å². The number of likely N-dealkylation sites (N-methyl/N-ethyl adjacent to an activating group) is 1. The maximum atomic E-state index is 13.7. The van der Waals surface area contributed by atoms with Crippen molar-refractivity contribution in [2.24, 2.45) is 0 Å². The van der Waals surface area contributed by atoms with Crippen molar-refractivity contribution in [2.45, 2.75) is 12.5 Å². The number of benzene rings is 2. The molecule has 0 aliphatic rings. The van der Waals surface area contributed by atoms with Crippen LogP contribution in [0.5, 0.6) is 5.75 Å². The Labute approximate surface area is 117 Å². The summed E-state index contributed by atoms with van der Waals surface area (Å²) in [6.45, 7) is 0. The van der Waals surface area contributed by atoms with Crippen LogP contribution in [0.2, 0.25) is 0 Å². The second-order valence-electron chi connectivity index (χ2n) is 4.52. The van der Waals surface area contributed by atoms with Crippen molar-refractivity contribution in [3.05, 3.63) is 65.2 Å². The molecule has 0 amide bonds. The molecular weight excluding hydrogens is 260 g/mol. The van der Waals surface area contributed by atoms with Crippen LogP contribution in [0.15, 0.2) is 42.5 Å². The Hall–Kier alpha value is -1.94. The van der Waals surface area contributed by atoms with Crippen LogP contribution in [0.3, 0.4) is 0 Å². The Bertz CT molecular complexity index is 566. The molecule has 2 nitrogen and oxygen atoms in total. The van der Waals surface area contributed by atoms with Gasteiger partial charge in [-0.15, -0.1) is 0 Å². The standard InChI is InChI=1S/C16H17F2NO/c1-19-16(11-5-3-6-12(9-11)20-2)10-13-14(17)7-4-8-15(13)18/h3-9,16,19H,10H2,1-2H3. The molecule has 20 heavy (non-hydrogen) atoms. The highest BCUT2D eigenvalue weighted by molar-refractivity contribution is 5.32. The van der Waals surface area contributed by atoms with Gasteiger partial charge in [0.1, 0.15) is 17.4 Å². The van der Waals surface area contributed by atoms with Crippen LogP contribution in [0.1, 0.15) is 17.2 Å². The number of hydrogen-bond acceptors (Lipinski definition) is 2. The van der Waals surface area contributed by atoms with E-state index in [4.69, 9.17) is 4.74 Å². The van der Waals surface area contributed by atoms with Gasteiger partial charge >= 0.3 is 0 Å². The van der Waals surface area contributed by atoms with E-state index < -0.39 is 11.6 Å². The van der Waals surface area contributed by atoms with Crippen LogP contribution in [0.25, 0.3) is 0 Å². The summed E-state index contributed by atoms with van der Waals surface area (Å²) < 4.78 is 32.6. The molecular formula is C16H17F2NO. The number of rotatable bonds is 5. The lowest BCUT2D eigenvalue weighted by molar-refractivity contribution is 0.413. The van der Waals surface area contributed by atoms with E-state index in [-0.39, 0.29) is 18.0 Å². The van der Waals surface area contributed by atoms with E-state index in [0.717, 1.165) is 11.3 Å². The fourth-order valence-electron chi connectivity index (χ4n) is 2.18. The second-order valence-corrected chi connectivity index (χ2v) is 4.52. The van der Waals surface area contributed by atoms with Gasteiger partial charge in [-0.3, -0.25) is 0 Å². The maximum absolute atomic E-state index is 13.7. The van der Waals surface area contributed by atoms with E-state index in [0.29, 0.717) is 0 Å². The third-order valence-corrected chi connectivity index (χ3v) is 3.31. The van der Waals surface area contributed by atoms with Gasteiger partial charge in [0.15, 0.2) is 0 Å². The van der Waals surface area contributed by atoms with Gasteiger partial charge in [-0.25, -0.2) is 8.78 Å². The third-order valence-electron chi connectivity index (χ3n) is 3.31. The summed E-state index contributed by atoms with van der Waals surface area (Å²) in [5, 5.41) is 3.08. The van der Waals surface area contributed by atoms with Crippen molar-refractivity contribution < 1.29 is 13.5 Å². The fraction of sp³-hybridized carbons (Fsp3) is 0.250. The van der Waals surface area contributed by atoms with Crippen molar-refractivity contribution in [1.29, 1.82) is 0 Å². The highest BCUT2D eigenvalue weighted by Crippen LogP contribution is 2.24. The summed E-state index contributed by atoms with van der Waals surface area (Å²) in [6, 6.07) is 11.2. The summed E-state index contributed by atoms with van der Waals surface area (Å²) in [6.07, 6.45) is 0.238. The smallest absolute Gasteiger partial charge is 0.129 e. The molecule has 2 aromatic rings. The molecule has 0 spiro atoms. The van der Waals surface area contributed by atoms with Gasteiger partial charge in [-0.1, -0.05) is 18.2 Å². The minimum absolute atomic E-state index is 0.0923. The van der Waals surface area contributed by atoms with E-state index in [2.05, 4.69) is 5.32 Å². The summed E-state index contributed by atoms with van der Waals surface area (Å²) in [4.78, 5) is 0. The van der Waals surface area contributed by atoms with Crippen LogP contribution < -0.4 is 10.1 Å². The molecule has 0 saturated heterocycles. The maximum Gasteiger partial charge on any atom is 0.129 e. The lowest BCUT2D eigenvalue weighted by atomic mass is 9.98. The second kappa shape index (κ2) is 6.48. The lowest BCUT2D eigenvalue weighted by Crippen LogP contribution is -2.20. The van der Waals surface area contributed by atoms with Gasteiger partial charge in [-0.2, -0.15) is 0 Å². The van der Waals surface area contributed by atoms with Gasteiger partial charge in [0.05, 0.1) is 7.11 Å². The molecule has 0 aromatic heterocycles. The Morgan fingerprint density at radius 3 is 2.35 bits per heavy atom. The summed E-state index contributed by atoms with van der Waals surface area (Å²) >= 11 is 0. The van der Waals surface area contributed by atoms with Crippen LogP contribution in [0, 0.1) is 11.6 Å². The zero-order chi connectivity index (χ0) is 14.5. The van der Waals surface area contributed by atoms with E-state index in [1.165, 1.54) is 18.2 Å². The van der Waals surface area contributed by atoms with Gasteiger partial charge in [0.25, 0.3) is 0 Å². The molecule has 0 bridgehead atoms. The first-order valence-electron chi connectivity index (χ1n) is 6.39. The number of hydrogen-bond donors (Lipinski definition) is 1. The molecule has 1 atom stereocenters. The van der Waals surface area contributed by atoms with Crippen molar-refractivity contribution in [3.63, 3.8) is 0 Å². The quantitative estimate of drug-likeness (QED) is 0.903. The molecule has 0 fully saturated rings. The molecule has 0 aliphatic carbocycles. The highest BCUT2D eigenvalue weighted by Gasteiger charge is 2.16. The third kappa shape index (κ3) is 3.14. The monoisotopic (exact) mass is 277 g/mol.